The first-order valence-electron chi connectivity index (χ1n) is 9.44. The van der Waals surface area contributed by atoms with Crippen molar-refractivity contribution in [1.29, 1.82) is 0 Å². The highest BCUT2D eigenvalue weighted by atomic mass is 35.5. The molecule has 3 aromatic carbocycles. The van der Waals surface area contributed by atoms with E-state index in [0.29, 0.717) is 33.1 Å². The minimum atomic E-state index is -1.21. The van der Waals surface area contributed by atoms with Gasteiger partial charge in [-0.25, -0.2) is 4.79 Å². The molecule has 0 aliphatic rings. The van der Waals surface area contributed by atoms with Crippen molar-refractivity contribution in [2.24, 2.45) is 4.99 Å². The molecule has 4 aromatic rings. The third kappa shape index (κ3) is 4.42. The molecule has 0 spiro atoms. The second-order valence-electron chi connectivity index (χ2n) is 6.76. The maximum Gasteiger partial charge on any atom is 0.330 e. The first kappa shape index (κ1) is 20.6. The Morgan fingerprint density at radius 1 is 1.16 bits per heavy atom. The quantitative estimate of drug-likeness (QED) is 0.361. The molecule has 7 nitrogen and oxygen atoms in total. The molecule has 8 heteroatoms. The van der Waals surface area contributed by atoms with E-state index in [1.807, 2.05) is 48.5 Å². The molecule has 0 saturated carbocycles. The molecule has 1 atom stereocenters. The highest BCUT2D eigenvalue weighted by Crippen LogP contribution is 2.36. The van der Waals surface area contributed by atoms with Gasteiger partial charge < -0.3 is 20.1 Å². The van der Waals surface area contributed by atoms with Crippen LogP contribution < -0.4 is 5.32 Å². The van der Waals surface area contributed by atoms with Gasteiger partial charge >= 0.3 is 5.97 Å². The fourth-order valence-corrected chi connectivity index (χ4v) is 3.37. The number of fused-ring (bicyclic) bond motifs is 1. The Bertz CT molecular complexity index is 1250. The predicted molar refractivity (Wildman–Crippen MR) is 120 cm³/mol. The van der Waals surface area contributed by atoms with Crippen molar-refractivity contribution in [2.45, 2.75) is 6.04 Å². The van der Waals surface area contributed by atoms with Crippen LogP contribution in [0.2, 0.25) is 5.02 Å². The van der Waals surface area contributed by atoms with Gasteiger partial charge in [-0.05, 0) is 35.4 Å². The van der Waals surface area contributed by atoms with Gasteiger partial charge in [-0.15, -0.1) is 0 Å². The number of hydrogen-bond acceptors (Lipinski definition) is 6. The molecule has 0 radical (unpaired) electrons. The number of aliphatic imine (C=N–C) groups is 1. The second kappa shape index (κ2) is 8.99. The minimum Gasteiger partial charge on any atom is -0.480 e. The standard InChI is InChI=1S/C23H18ClN3O4/c24-21-16(15-5-2-1-3-6-15)7-4-8-18(21)26-22-17-11-14(9-10-20(17)31-27-22)12-25-19(13-28)23(29)30/h1-12,19,28H,13H2,(H,26,27)(H,29,30)/t19-/m0/s1. The SMILES string of the molecule is O=C(O)[C@H](CO)N=Cc1ccc2onc(Nc3cccc(-c4ccccc4)c3Cl)c2c1. The largest absolute Gasteiger partial charge is 0.480 e. The number of nitrogens with zero attached hydrogens (tertiary/aromatic N) is 2. The third-order valence-electron chi connectivity index (χ3n) is 4.69. The molecule has 1 heterocycles. The zero-order valence-corrected chi connectivity index (χ0v) is 17.0. The Labute approximate surface area is 182 Å². The number of carboxylic acids is 1. The number of carbonyl (C=O) groups is 1. The van der Waals surface area contributed by atoms with Crippen LogP contribution in [0, 0.1) is 0 Å². The molecule has 0 aliphatic carbocycles. The monoisotopic (exact) mass is 435 g/mol. The number of benzene rings is 3. The van der Waals surface area contributed by atoms with Gasteiger partial charge in [0.05, 0.1) is 22.7 Å². The molecule has 0 amide bonds. The Morgan fingerprint density at radius 3 is 2.71 bits per heavy atom. The van der Waals surface area contributed by atoms with Gasteiger partial charge in [-0.3, -0.25) is 4.99 Å². The number of aliphatic carboxylic acids is 1. The molecule has 3 N–H and O–H groups in total. The van der Waals surface area contributed by atoms with Gasteiger partial charge in [0.2, 0.25) is 0 Å². The van der Waals surface area contributed by atoms with Crippen LogP contribution in [0.1, 0.15) is 5.56 Å². The summed E-state index contributed by atoms with van der Waals surface area (Å²) in [4.78, 5) is 14.9. The van der Waals surface area contributed by atoms with Gasteiger partial charge in [-0.1, -0.05) is 59.2 Å². The maximum absolute atomic E-state index is 11.0. The van der Waals surface area contributed by atoms with Crippen LogP contribution in [-0.4, -0.2) is 40.2 Å². The van der Waals surface area contributed by atoms with Crippen LogP contribution in [0.25, 0.3) is 22.1 Å². The molecule has 0 saturated heterocycles. The fourth-order valence-electron chi connectivity index (χ4n) is 3.09. The molecule has 31 heavy (non-hydrogen) atoms. The topological polar surface area (TPSA) is 108 Å². The van der Waals surface area contributed by atoms with Crippen molar-refractivity contribution in [3.8, 4) is 11.1 Å². The average molecular weight is 436 g/mol. The molecular weight excluding hydrogens is 418 g/mol. The van der Waals surface area contributed by atoms with Crippen molar-refractivity contribution in [3.63, 3.8) is 0 Å². The lowest BCUT2D eigenvalue weighted by molar-refractivity contribution is -0.139. The van der Waals surface area contributed by atoms with E-state index in [1.165, 1.54) is 6.21 Å². The minimum absolute atomic E-state index is 0.467. The number of rotatable bonds is 7. The van der Waals surface area contributed by atoms with Gasteiger partial charge in [0, 0.05) is 11.8 Å². The van der Waals surface area contributed by atoms with E-state index in [2.05, 4.69) is 15.5 Å². The summed E-state index contributed by atoms with van der Waals surface area (Å²) in [5.41, 5.74) is 3.74. The molecule has 156 valence electrons. The summed E-state index contributed by atoms with van der Waals surface area (Å²) in [7, 11) is 0. The van der Waals surface area contributed by atoms with Crippen LogP contribution in [0.4, 0.5) is 11.5 Å². The molecular formula is C23H18ClN3O4. The lowest BCUT2D eigenvalue weighted by atomic mass is 10.0. The highest BCUT2D eigenvalue weighted by Gasteiger charge is 2.15. The number of aliphatic hydroxyl groups excluding tert-OH is 1. The van der Waals surface area contributed by atoms with Crippen molar-refractivity contribution in [1.82, 2.24) is 5.16 Å². The number of anilines is 2. The average Bonchev–Trinajstić information content (AvgIpc) is 3.18. The molecule has 0 fully saturated rings. The molecule has 0 unspecified atom stereocenters. The number of halogens is 1. The van der Waals surface area contributed by atoms with Crippen LogP contribution in [0.5, 0.6) is 0 Å². The zero-order chi connectivity index (χ0) is 21.8. The summed E-state index contributed by atoms with van der Waals surface area (Å²) >= 11 is 6.65. The third-order valence-corrected chi connectivity index (χ3v) is 5.10. The number of nitrogens with one attached hydrogen (secondary N) is 1. The van der Waals surface area contributed by atoms with Crippen molar-refractivity contribution >= 4 is 46.3 Å². The molecule has 1 aromatic heterocycles. The van der Waals surface area contributed by atoms with E-state index in [9.17, 15) is 4.79 Å². The van der Waals surface area contributed by atoms with Gasteiger partial charge in [0.1, 0.15) is 0 Å². The van der Waals surface area contributed by atoms with Crippen LogP contribution >= 0.6 is 11.6 Å². The van der Waals surface area contributed by atoms with Crippen LogP contribution in [0.15, 0.2) is 76.2 Å². The van der Waals surface area contributed by atoms with E-state index < -0.39 is 18.6 Å². The van der Waals surface area contributed by atoms with Crippen molar-refractivity contribution in [3.05, 3.63) is 77.3 Å². The second-order valence-corrected chi connectivity index (χ2v) is 7.14. The summed E-state index contributed by atoms with van der Waals surface area (Å²) in [6.07, 6.45) is 1.40. The number of aromatic nitrogens is 1. The Hall–Kier alpha value is -3.68. The Balaban J connectivity index is 1.65. The number of hydrogen-bond donors (Lipinski definition) is 3. The highest BCUT2D eigenvalue weighted by molar-refractivity contribution is 6.36. The summed E-state index contributed by atoms with van der Waals surface area (Å²) in [6, 6.07) is 19.5. The summed E-state index contributed by atoms with van der Waals surface area (Å²) in [5.74, 6) is -0.727. The molecule has 4 rings (SSSR count). The number of aliphatic hydroxyl groups is 1. The van der Waals surface area contributed by atoms with Crippen molar-refractivity contribution in [2.75, 3.05) is 11.9 Å². The van der Waals surface area contributed by atoms with Crippen LogP contribution in [-0.2, 0) is 4.79 Å². The summed E-state index contributed by atoms with van der Waals surface area (Å²) < 4.78 is 5.38. The smallest absolute Gasteiger partial charge is 0.330 e. The zero-order valence-electron chi connectivity index (χ0n) is 16.2. The lowest BCUT2D eigenvalue weighted by Gasteiger charge is -2.10. The van der Waals surface area contributed by atoms with E-state index in [0.717, 1.165) is 11.1 Å². The van der Waals surface area contributed by atoms with E-state index in [4.69, 9.17) is 26.3 Å². The normalized spacial score (nSPS) is 12.3. The summed E-state index contributed by atoms with van der Waals surface area (Å²) in [5, 5.41) is 26.7. The van der Waals surface area contributed by atoms with E-state index in [1.54, 1.807) is 18.2 Å². The summed E-state index contributed by atoms with van der Waals surface area (Å²) in [6.45, 7) is -0.579. The van der Waals surface area contributed by atoms with Gasteiger partial charge in [0.25, 0.3) is 0 Å². The Kier molecular flexibility index (Phi) is 5.97. The molecule has 0 aliphatic heterocycles. The van der Waals surface area contributed by atoms with Crippen molar-refractivity contribution < 1.29 is 19.5 Å². The lowest BCUT2D eigenvalue weighted by Crippen LogP contribution is -2.22. The Morgan fingerprint density at radius 2 is 1.97 bits per heavy atom. The van der Waals surface area contributed by atoms with Gasteiger partial charge in [0.15, 0.2) is 17.4 Å². The maximum atomic E-state index is 11.0. The predicted octanol–water partition coefficient (Wildman–Crippen LogP) is 4.76. The van der Waals surface area contributed by atoms with E-state index in [-0.39, 0.29) is 0 Å². The first-order chi connectivity index (χ1) is 15.1. The fraction of sp³-hybridized carbons (Fsp3) is 0.0870. The van der Waals surface area contributed by atoms with Crippen LogP contribution in [0.3, 0.4) is 0 Å². The van der Waals surface area contributed by atoms with Gasteiger partial charge in [-0.2, -0.15) is 0 Å². The number of carboxylic acid groups (broad SMARTS) is 1. The first-order valence-corrected chi connectivity index (χ1v) is 9.82. The molecule has 0 bridgehead atoms. The van der Waals surface area contributed by atoms with E-state index >= 15 is 0 Å².